The topological polar surface area (TPSA) is 78.6 Å². The molecule has 6 rings (SSSR count). The van der Waals surface area contributed by atoms with Crippen LogP contribution in [0.15, 0.2) is 72.3 Å². The van der Waals surface area contributed by atoms with Gasteiger partial charge in [0, 0.05) is 29.4 Å². The molecule has 1 aliphatic heterocycles. The molecule has 1 unspecified atom stereocenters. The van der Waals surface area contributed by atoms with Gasteiger partial charge >= 0.3 is 0 Å². The Morgan fingerprint density at radius 1 is 1.11 bits per heavy atom. The molecule has 0 spiro atoms. The Kier molecular flexibility index (Phi) is 5.11. The second kappa shape index (κ2) is 8.20. The Hall–Kier alpha value is -3.71. The molecule has 4 aromatic rings. The first-order chi connectivity index (χ1) is 16.9. The number of benzene rings is 2. The van der Waals surface area contributed by atoms with Crippen molar-refractivity contribution in [2.45, 2.75) is 39.2 Å². The number of ether oxygens (including phenoxy) is 2. The Bertz CT molecular complexity index is 1480. The average Bonchev–Trinajstić information content (AvgIpc) is 3.25. The molecule has 0 amide bonds. The highest BCUT2D eigenvalue weighted by Gasteiger charge is 2.43. The third-order valence-corrected chi connectivity index (χ3v) is 6.67. The van der Waals surface area contributed by atoms with E-state index in [4.69, 9.17) is 26.1 Å². The molecule has 0 fully saturated rings. The summed E-state index contributed by atoms with van der Waals surface area (Å²) in [5.74, 6) is 2.11. The second-order valence-corrected chi connectivity index (χ2v) is 10.2. The number of ketones is 1. The fraction of sp³-hybridized carbons (Fsp3) is 0.259. The number of hydrogen-bond donors (Lipinski definition) is 0. The maximum Gasteiger partial charge on any atom is 0.228 e. The molecule has 3 heterocycles. The molecule has 2 aromatic carbocycles. The first kappa shape index (κ1) is 21.8. The van der Waals surface area contributed by atoms with Crippen LogP contribution in [0.4, 0.5) is 0 Å². The SMILES string of the molecule is CC1(C)CC(=O)C2=C(C1)Oc1ncn3nc(COc4ccc(Cl)cc4)nc3c1C2c1ccccc1. The second-order valence-electron chi connectivity index (χ2n) is 9.73. The van der Waals surface area contributed by atoms with E-state index in [1.165, 1.54) is 0 Å². The van der Waals surface area contributed by atoms with Crippen LogP contribution >= 0.6 is 11.6 Å². The number of rotatable bonds is 4. The highest BCUT2D eigenvalue weighted by Crippen LogP contribution is 2.50. The normalized spacial score (nSPS) is 18.7. The molecular weight excluding hydrogens is 464 g/mol. The van der Waals surface area contributed by atoms with Gasteiger partial charge in [-0.2, -0.15) is 0 Å². The van der Waals surface area contributed by atoms with Crippen molar-refractivity contribution >= 4 is 23.0 Å². The van der Waals surface area contributed by atoms with E-state index in [9.17, 15) is 4.79 Å². The van der Waals surface area contributed by atoms with Gasteiger partial charge in [-0.25, -0.2) is 14.5 Å². The minimum absolute atomic E-state index is 0.101. The van der Waals surface area contributed by atoms with Crippen LogP contribution in [0.5, 0.6) is 11.6 Å². The number of carbonyl (C=O) groups is 1. The summed E-state index contributed by atoms with van der Waals surface area (Å²) in [6.07, 6.45) is 2.74. The molecule has 0 bridgehead atoms. The Morgan fingerprint density at radius 3 is 2.66 bits per heavy atom. The quantitative estimate of drug-likeness (QED) is 0.377. The van der Waals surface area contributed by atoms with Crippen molar-refractivity contribution in [2.75, 3.05) is 0 Å². The van der Waals surface area contributed by atoms with Gasteiger partial charge in [0.25, 0.3) is 0 Å². The lowest BCUT2D eigenvalue weighted by atomic mass is 9.70. The third kappa shape index (κ3) is 3.96. The van der Waals surface area contributed by atoms with Crippen molar-refractivity contribution in [2.24, 2.45) is 5.41 Å². The zero-order valence-electron chi connectivity index (χ0n) is 19.4. The van der Waals surface area contributed by atoms with Crippen LogP contribution in [-0.4, -0.2) is 25.4 Å². The highest BCUT2D eigenvalue weighted by molar-refractivity contribution is 6.30. The smallest absolute Gasteiger partial charge is 0.228 e. The van der Waals surface area contributed by atoms with Crippen molar-refractivity contribution in [3.05, 3.63) is 94.2 Å². The number of Topliss-reactive ketones (excluding diaryl/α,β-unsaturated/α-hetero) is 1. The Labute approximate surface area is 207 Å². The fourth-order valence-electron chi connectivity index (χ4n) is 4.91. The summed E-state index contributed by atoms with van der Waals surface area (Å²) in [6, 6.07) is 17.1. The molecule has 7 nitrogen and oxygen atoms in total. The largest absolute Gasteiger partial charge is 0.486 e. The average molecular weight is 487 g/mol. The number of halogens is 1. The summed E-state index contributed by atoms with van der Waals surface area (Å²) < 4.78 is 13.7. The molecule has 2 aliphatic rings. The van der Waals surface area contributed by atoms with E-state index in [0.29, 0.717) is 52.3 Å². The Morgan fingerprint density at radius 2 is 1.89 bits per heavy atom. The van der Waals surface area contributed by atoms with Crippen LogP contribution in [0.2, 0.25) is 5.02 Å². The lowest BCUT2D eigenvalue weighted by molar-refractivity contribution is -0.118. The van der Waals surface area contributed by atoms with Crippen LogP contribution < -0.4 is 9.47 Å². The standard InChI is InChI=1S/C27H23ClN4O3/c1-27(2)12-19(33)23-20(13-27)35-26-24(22(23)16-6-4-3-5-7-16)25-30-21(31-32(25)15-29-26)14-34-18-10-8-17(28)9-11-18/h3-11,15,22H,12-14H2,1-2H3. The van der Waals surface area contributed by atoms with Gasteiger partial charge in [0.1, 0.15) is 24.4 Å². The predicted octanol–water partition coefficient (Wildman–Crippen LogP) is 5.52. The maximum atomic E-state index is 13.4. The first-order valence-corrected chi connectivity index (χ1v) is 11.9. The predicted molar refractivity (Wildman–Crippen MR) is 131 cm³/mol. The number of hydrogen-bond acceptors (Lipinski definition) is 6. The van der Waals surface area contributed by atoms with Crippen LogP contribution in [0, 0.1) is 5.41 Å². The minimum atomic E-state index is -0.330. The van der Waals surface area contributed by atoms with Gasteiger partial charge < -0.3 is 9.47 Å². The summed E-state index contributed by atoms with van der Waals surface area (Å²) in [5, 5.41) is 5.20. The van der Waals surface area contributed by atoms with E-state index < -0.39 is 0 Å². The molecular formula is C27H23ClN4O3. The van der Waals surface area contributed by atoms with Crippen LogP contribution in [-0.2, 0) is 11.4 Å². The summed E-state index contributed by atoms with van der Waals surface area (Å²) >= 11 is 5.96. The Balaban J connectivity index is 1.45. The van der Waals surface area contributed by atoms with Crippen LogP contribution in [0.3, 0.4) is 0 Å². The van der Waals surface area contributed by atoms with E-state index in [-0.39, 0.29) is 23.7 Å². The van der Waals surface area contributed by atoms with E-state index in [1.54, 1.807) is 35.1 Å². The van der Waals surface area contributed by atoms with Crippen molar-refractivity contribution in [3.8, 4) is 11.6 Å². The first-order valence-electron chi connectivity index (χ1n) is 11.5. The molecule has 35 heavy (non-hydrogen) atoms. The molecule has 0 saturated carbocycles. The maximum absolute atomic E-state index is 13.4. The fourth-order valence-corrected chi connectivity index (χ4v) is 5.03. The van der Waals surface area contributed by atoms with Gasteiger partial charge in [-0.05, 0) is 35.2 Å². The van der Waals surface area contributed by atoms with Gasteiger partial charge in [-0.1, -0.05) is 55.8 Å². The molecule has 176 valence electrons. The summed E-state index contributed by atoms with van der Waals surface area (Å²) in [5.41, 5.74) is 2.87. The molecule has 8 heteroatoms. The van der Waals surface area contributed by atoms with Gasteiger partial charge in [0.15, 0.2) is 17.3 Å². The van der Waals surface area contributed by atoms with E-state index in [1.807, 2.05) is 30.3 Å². The van der Waals surface area contributed by atoms with E-state index in [0.717, 1.165) is 11.1 Å². The minimum Gasteiger partial charge on any atom is -0.486 e. The molecule has 0 radical (unpaired) electrons. The molecule has 0 saturated heterocycles. The van der Waals surface area contributed by atoms with Gasteiger partial charge in [-0.3, -0.25) is 4.79 Å². The number of aromatic nitrogens is 4. The van der Waals surface area contributed by atoms with Gasteiger partial charge in [-0.15, -0.1) is 5.10 Å². The van der Waals surface area contributed by atoms with Crippen molar-refractivity contribution in [3.63, 3.8) is 0 Å². The summed E-state index contributed by atoms with van der Waals surface area (Å²) in [7, 11) is 0. The van der Waals surface area contributed by atoms with Crippen LogP contribution in [0.25, 0.3) is 5.65 Å². The van der Waals surface area contributed by atoms with E-state index in [2.05, 4.69) is 23.9 Å². The number of nitrogens with zero attached hydrogens (tertiary/aromatic N) is 4. The number of fused-ring (bicyclic) bond motifs is 3. The summed E-state index contributed by atoms with van der Waals surface area (Å²) in [4.78, 5) is 22.8. The number of carbonyl (C=O) groups excluding carboxylic acids is 1. The zero-order valence-corrected chi connectivity index (χ0v) is 20.1. The molecule has 0 N–H and O–H groups in total. The van der Waals surface area contributed by atoms with Crippen molar-refractivity contribution in [1.82, 2.24) is 19.6 Å². The lowest BCUT2D eigenvalue weighted by Gasteiger charge is -2.37. The molecule has 1 aliphatic carbocycles. The van der Waals surface area contributed by atoms with Crippen molar-refractivity contribution < 1.29 is 14.3 Å². The zero-order chi connectivity index (χ0) is 24.2. The third-order valence-electron chi connectivity index (χ3n) is 6.42. The molecule has 2 aromatic heterocycles. The van der Waals surface area contributed by atoms with Crippen LogP contribution in [0.1, 0.15) is 49.6 Å². The number of allylic oxidation sites excluding steroid dienone is 2. The monoisotopic (exact) mass is 486 g/mol. The lowest BCUT2D eigenvalue weighted by Crippen LogP contribution is -2.33. The van der Waals surface area contributed by atoms with Gasteiger partial charge in [0.05, 0.1) is 5.56 Å². The highest BCUT2D eigenvalue weighted by atomic mass is 35.5. The van der Waals surface area contributed by atoms with E-state index >= 15 is 0 Å². The van der Waals surface area contributed by atoms with Gasteiger partial charge in [0.2, 0.25) is 5.88 Å². The molecule has 1 atom stereocenters. The summed E-state index contributed by atoms with van der Waals surface area (Å²) in [6.45, 7) is 4.36. The van der Waals surface area contributed by atoms with Crippen molar-refractivity contribution in [1.29, 1.82) is 0 Å².